The summed E-state index contributed by atoms with van der Waals surface area (Å²) >= 11 is 1.63. The van der Waals surface area contributed by atoms with Gasteiger partial charge in [-0.1, -0.05) is 11.2 Å². The van der Waals surface area contributed by atoms with E-state index in [0.29, 0.717) is 17.8 Å². The van der Waals surface area contributed by atoms with Gasteiger partial charge in [0.1, 0.15) is 0 Å². The summed E-state index contributed by atoms with van der Waals surface area (Å²) in [6, 6.07) is 5.80. The van der Waals surface area contributed by atoms with Gasteiger partial charge in [0, 0.05) is 23.0 Å². The molecule has 1 atom stereocenters. The Kier molecular flexibility index (Phi) is 4.03. The highest BCUT2D eigenvalue weighted by Crippen LogP contribution is 2.31. The molecular weight excluding hydrogens is 324 g/mol. The smallest absolute Gasteiger partial charge is 0.259 e. The first-order valence-corrected chi connectivity index (χ1v) is 8.88. The van der Waals surface area contributed by atoms with Crippen molar-refractivity contribution in [3.8, 4) is 0 Å². The van der Waals surface area contributed by atoms with Crippen LogP contribution in [0.4, 0.5) is 0 Å². The number of nitrogens with one attached hydrogen (secondary N) is 2. The molecule has 1 saturated heterocycles. The zero-order chi connectivity index (χ0) is 16.5. The summed E-state index contributed by atoms with van der Waals surface area (Å²) in [5, 5.41) is 13.3. The first-order chi connectivity index (χ1) is 11.7. The quantitative estimate of drug-likeness (QED) is 0.762. The molecule has 1 fully saturated rings. The Morgan fingerprint density at radius 1 is 1.54 bits per heavy atom. The van der Waals surface area contributed by atoms with E-state index in [1.54, 1.807) is 11.3 Å². The zero-order valence-corrected chi connectivity index (χ0v) is 14.2. The highest BCUT2D eigenvalue weighted by molar-refractivity contribution is 7.09. The number of hydrogen-bond donors (Lipinski definition) is 2. The monoisotopic (exact) mass is 342 g/mol. The minimum atomic E-state index is -0.116. The maximum atomic E-state index is 12.8. The molecule has 3 aromatic rings. The third-order valence-corrected chi connectivity index (χ3v) is 5.17. The lowest BCUT2D eigenvalue weighted by atomic mass is 9.99. The normalized spacial score (nSPS) is 17.5. The molecule has 0 aromatic carbocycles. The number of carbonyl (C=O) groups excluding carboxylic acids is 1. The Morgan fingerprint density at radius 3 is 3.21 bits per heavy atom. The molecule has 4 rings (SSSR count). The van der Waals surface area contributed by atoms with Crippen LogP contribution in [0.15, 0.2) is 28.1 Å². The molecule has 1 aliphatic heterocycles. The van der Waals surface area contributed by atoms with Crippen LogP contribution in [0.25, 0.3) is 11.1 Å². The van der Waals surface area contributed by atoms with E-state index in [2.05, 4.69) is 20.8 Å². The van der Waals surface area contributed by atoms with Crippen LogP contribution in [0, 0.1) is 6.92 Å². The molecule has 6 nitrogen and oxygen atoms in total. The van der Waals surface area contributed by atoms with Crippen molar-refractivity contribution in [1.29, 1.82) is 0 Å². The number of pyridine rings is 1. The SMILES string of the molecule is Cc1cc(C(=O)NCc2cccs2)c2c(C3CCNC3)noc2n1. The molecule has 1 amide bonds. The number of thiophene rings is 1. The summed E-state index contributed by atoms with van der Waals surface area (Å²) in [4.78, 5) is 18.3. The summed E-state index contributed by atoms with van der Waals surface area (Å²) in [7, 11) is 0. The van der Waals surface area contributed by atoms with Crippen molar-refractivity contribution in [3.63, 3.8) is 0 Å². The van der Waals surface area contributed by atoms with Crippen molar-refractivity contribution >= 4 is 28.3 Å². The van der Waals surface area contributed by atoms with Gasteiger partial charge < -0.3 is 15.2 Å². The lowest BCUT2D eigenvalue weighted by Gasteiger charge is -2.09. The molecule has 3 aromatic heterocycles. The van der Waals surface area contributed by atoms with E-state index in [-0.39, 0.29) is 11.8 Å². The number of fused-ring (bicyclic) bond motifs is 1. The average molecular weight is 342 g/mol. The molecule has 1 unspecified atom stereocenters. The van der Waals surface area contributed by atoms with Crippen LogP contribution in [0.1, 0.15) is 39.0 Å². The summed E-state index contributed by atoms with van der Waals surface area (Å²) in [5.74, 6) is 0.147. The molecule has 124 valence electrons. The topological polar surface area (TPSA) is 80.0 Å². The largest absolute Gasteiger partial charge is 0.347 e. The molecule has 7 heteroatoms. The van der Waals surface area contributed by atoms with Gasteiger partial charge in [0.25, 0.3) is 11.6 Å². The first-order valence-electron chi connectivity index (χ1n) is 8.00. The Labute approximate surface area is 143 Å². The van der Waals surface area contributed by atoms with Gasteiger partial charge in [-0.2, -0.15) is 0 Å². The van der Waals surface area contributed by atoms with E-state index >= 15 is 0 Å². The van der Waals surface area contributed by atoms with E-state index in [4.69, 9.17) is 4.52 Å². The van der Waals surface area contributed by atoms with Gasteiger partial charge in [0.2, 0.25) is 0 Å². The summed E-state index contributed by atoms with van der Waals surface area (Å²) in [6.45, 7) is 4.18. The molecular formula is C17H18N4O2S. The lowest BCUT2D eigenvalue weighted by molar-refractivity contribution is 0.0952. The lowest BCUT2D eigenvalue weighted by Crippen LogP contribution is -2.23. The Balaban J connectivity index is 1.69. The number of rotatable bonds is 4. The second kappa shape index (κ2) is 6.33. The fourth-order valence-electron chi connectivity index (χ4n) is 3.12. The van der Waals surface area contributed by atoms with E-state index in [1.165, 1.54) is 0 Å². The third kappa shape index (κ3) is 2.81. The van der Waals surface area contributed by atoms with Crippen LogP contribution in [-0.2, 0) is 6.54 Å². The number of carbonyl (C=O) groups is 1. The van der Waals surface area contributed by atoms with Crippen LogP contribution < -0.4 is 10.6 Å². The fourth-order valence-corrected chi connectivity index (χ4v) is 3.76. The van der Waals surface area contributed by atoms with Crippen molar-refractivity contribution in [2.75, 3.05) is 13.1 Å². The molecule has 24 heavy (non-hydrogen) atoms. The third-order valence-electron chi connectivity index (χ3n) is 4.30. The fraction of sp³-hybridized carbons (Fsp3) is 0.353. The Morgan fingerprint density at radius 2 is 2.46 bits per heavy atom. The van der Waals surface area contributed by atoms with Crippen LogP contribution in [-0.4, -0.2) is 29.1 Å². The molecule has 1 aliphatic rings. The van der Waals surface area contributed by atoms with Crippen LogP contribution in [0.5, 0.6) is 0 Å². The second-order valence-electron chi connectivity index (χ2n) is 6.01. The van der Waals surface area contributed by atoms with Gasteiger partial charge in [-0.3, -0.25) is 4.79 Å². The maximum absolute atomic E-state index is 12.8. The van der Waals surface area contributed by atoms with Crippen molar-refractivity contribution in [2.24, 2.45) is 0 Å². The number of aryl methyl sites for hydroxylation is 1. The molecule has 2 N–H and O–H groups in total. The average Bonchev–Trinajstić information content (AvgIpc) is 3.31. The summed E-state index contributed by atoms with van der Waals surface area (Å²) < 4.78 is 5.42. The Hall–Kier alpha value is -2.25. The van der Waals surface area contributed by atoms with Gasteiger partial charge >= 0.3 is 0 Å². The second-order valence-corrected chi connectivity index (χ2v) is 7.04. The number of amides is 1. The van der Waals surface area contributed by atoms with Crippen molar-refractivity contribution in [3.05, 3.63) is 45.4 Å². The van der Waals surface area contributed by atoms with Crippen LogP contribution in [0.2, 0.25) is 0 Å². The summed E-state index contributed by atoms with van der Waals surface area (Å²) in [6.07, 6.45) is 0.992. The van der Waals surface area contributed by atoms with E-state index in [1.807, 2.05) is 30.5 Å². The number of nitrogens with zero attached hydrogens (tertiary/aromatic N) is 2. The highest BCUT2D eigenvalue weighted by Gasteiger charge is 2.27. The maximum Gasteiger partial charge on any atom is 0.259 e. The summed E-state index contributed by atoms with van der Waals surface area (Å²) in [5.41, 5.74) is 2.62. The minimum absolute atomic E-state index is 0.116. The van der Waals surface area contributed by atoms with E-state index < -0.39 is 0 Å². The Bertz CT molecular complexity index is 866. The van der Waals surface area contributed by atoms with Crippen molar-refractivity contribution in [2.45, 2.75) is 25.8 Å². The molecule has 0 spiro atoms. The minimum Gasteiger partial charge on any atom is -0.347 e. The standard InChI is InChI=1S/C17H18N4O2S/c1-10-7-13(16(22)19-9-12-3-2-6-24-12)14-15(11-4-5-18-8-11)21-23-17(14)20-10/h2-3,6-7,11,18H,4-5,8-9H2,1H3,(H,19,22). The van der Waals surface area contributed by atoms with Crippen LogP contribution >= 0.6 is 11.3 Å². The number of hydrogen-bond acceptors (Lipinski definition) is 6. The predicted octanol–water partition coefficient (Wildman–Crippen LogP) is 2.60. The molecule has 4 heterocycles. The van der Waals surface area contributed by atoms with Gasteiger partial charge in [-0.05, 0) is 37.4 Å². The molecule has 0 saturated carbocycles. The highest BCUT2D eigenvalue weighted by atomic mass is 32.1. The predicted molar refractivity (Wildman–Crippen MR) is 92.3 cm³/mol. The molecule has 0 aliphatic carbocycles. The molecule has 0 radical (unpaired) electrons. The molecule has 0 bridgehead atoms. The van der Waals surface area contributed by atoms with Gasteiger partial charge in [0.05, 0.1) is 23.2 Å². The van der Waals surface area contributed by atoms with Gasteiger partial charge in [-0.25, -0.2) is 4.98 Å². The number of aromatic nitrogens is 2. The zero-order valence-electron chi connectivity index (χ0n) is 13.3. The van der Waals surface area contributed by atoms with Crippen LogP contribution in [0.3, 0.4) is 0 Å². The van der Waals surface area contributed by atoms with E-state index in [9.17, 15) is 4.79 Å². The van der Waals surface area contributed by atoms with Gasteiger partial charge in [-0.15, -0.1) is 11.3 Å². The van der Waals surface area contributed by atoms with Crippen molar-refractivity contribution in [1.82, 2.24) is 20.8 Å². The first kappa shape index (κ1) is 15.3. The van der Waals surface area contributed by atoms with Gasteiger partial charge in [0.15, 0.2) is 0 Å². The van der Waals surface area contributed by atoms with Crippen molar-refractivity contribution < 1.29 is 9.32 Å². The van der Waals surface area contributed by atoms with E-state index in [0.717, 1.165) is 41.2 Å².